The standard InChI is InChI=1S/C20H16BrF5O3/c1-3-29-19(27)13-6-4-11(8-15(13)21)5-7-14(20(24,25)26)12-9-16(22)18(28-2)17(23)10-12/h4-10,14H,3H2,1-2H3. The summed E-state index contributed by atoms with van der Waals surface area (Å²) in [6.45, 7) is 1.82. The van der Waals surface area contributed by atoms with Crippen LogP contribution in [0.4, 0.5) is 22.0 Å². The molecule has 0 fully saturated rings. The zero-order chi connectivity index (χ0) is 21.8. The first-order chi connectivity index (χ1) is 13.6. The maximum Gasteiger partial charge on any atom is 0.399 e. The Kier molecular flexibility index (Phi) is 7.40. The van der Waals surface area contributed by atoms with Gasteiger partial charge in [0.15, 0.2) is 17.4 Å². The molecule has 0 bridgehead atoms. The average molecular weight is 479 g/mol. The second kappa shape index (κ2) is 9.39. The van der Waals surface area contributed by atoms with Crippen molar-refractivity contribution in [3.8, 4) is 5.75 Å². The van der Waals surface area contributed by atoms with Gasteiger partial charge in [-0.1, -0.05) is 18.2 Å². The van der Waals surface area contributed by atoms with Gasteiger partial charge in [-0.15, -0.1) is 0 Å². The number of hydrogen-bond donors (Lipinski definition) is 0. The van der Waals surface area contributed by atoms with E-state index in [1.54, 1.807) is 6.92 Å². The van der Waals surface area contributed by atoms with Gasteiger partial charge in [0, 0.05) is 4.47 Å². The van der Waals surface area contributed by atoms with Crippen LogP contribution in [-0.4, -0.2) is 25.9 Å². The molecule has 156 valence electrons. The van der Waals surface area contributed by atoms with E-state index in [2.05, 4.69) is 20.7 Å². The normalized spacial score (nSPS) is 12.8. The lowest BCUT2D eigenvalue weighted by Crippen LogP contribution is -2.19. The molecule has 0 heterocycles. The molecule has 0 radical (unpaired) electrons. The van der Waals surface area contributed by atoms with Gasteiger partial charge in [0.2, 0.25) is 0 Å². The molecular formula is C20H16BrF5O3. The molecule has 0 amide bonds. The van der Waals surface area contributed by atoms with Crippen LogP contribution >= 0.6 is 15.9 Å². The van der Waals surface area contributed by atoms with Gasteiger partial charge < -0.3 is 9.47 Å². The summed E-state index contributed by atoms with van der Waals surface area (Å²) in [6, 6.07) is 5.44. The minimum absolute atomic E-state index is 0.176. The molecule has 0 N–H and O–H groups in total. The summed E-state index contributed by atoms with van der Waals surface area (Å²) in [4.78, 5) is 11.8. The highest BCUT2D eigenvalue weighted by Crippen LogP contribution is 2.38. The van der Waals surface area contributed by atoms with Gasteiger partial charge in [0.25, 0.3) is 0 Å². The number of alkyl halides is 3. The Morgan fingerprint density at radius 1 is 1.17 bits per heavy atom. The van der Waals surface area contributed by atoms with Crippen molar-refractivity contribution in [1.82, 2.24) is 0 Å². The Morgan fingerprint density at radius 3 is 2.28 bits per heavy atom. The van der Waals surface area contributed by atoms with Gasteiger partial charge in [0.1, 0.15) is 0 Å². The molecule has 0 aromatic heterocycles. The Labute approximate surface area is 172 Å². The Morgan fingerprint density at radius 2 is 1.79 bits per heavy atom. The van der Waals surface area contributed by atoms with Crippen molar-refractivity contribution in [2.75, 3.05) is 13.7 Å². The Balaban J connectivity index is 2.38. The number of ether oxygens (including phenoxy) is 2. The number of carbonyl (C=O) groups is 1. The lowest BCUT2D eigenvalue weighted by molar-refractivity contribution is -0.139. The van der Waals surface area contributed by atoms with Gasteiger partial charge in [-0.2, -0.15) is 13.2 Å². The molecular weight excluding hydrogens is 463 g/mol. The molecule has 9 heteroatoms. The third kappa shape index (κ3) is 5.56. The summed E-state index contributed by atoms with van der Waals surface area (Å²) in [6.07, 6.45) is -2.85. The van der Waals surface area contributed by atoms with Crippen molar-refractivity contribution in [3.05, 3.63) is 69.2 Å². The second-order valence-electron chi connectivity index (χ2n) is 5.86. The molecule has 2 aromatic carbocycles. The van der Waals surface area contributed by atoms with E-state index in [0.29, 0.717) is 22.2 Å². The predicted molar refractivity (Wildman–Crippen MR) is 101 cm³/mol. The molecule has 29 heavy (non-hydrogen) atoms. The van der Waals surface area contributed by atoms with E-state index in [4.69, 9.17) is 4.74 Å². The second-order valence-corrected chi connectivity index (χ2v) is 6.71. The van der Waals surface area contributed by atoms with Crippen molar-refractivity contribution >= 4 is 28.0 Å². The van der Waals surface area contributed by atoms with Crippen LogP contribution in [0.15, 0.2) is 40.9 Å². The molecule has 1 atom stereocenters. The van der Waals surface area contributed by atoms with Crippen LogP contribution in [0.3, 0.4) is 0 Å². The number of halogens is 6. The molecule has 1 unspecified atom stereocenters. The van der Waals surface area contributed by atoms with Crippen LogP contribution in [0.1, 0.15) is 34.3 Å². The smallest absolute Gasteiger partial charge is 0.399 e. The van der Waals surface area contributed by atoms with E-state index in [9.17, 15) is 26.7 Å². The van der Waals surface area contributed by atoms with E-state index in [0.717, 1.165) is 19.3 Å². The van der Waals surface area contributed by atoms with Crippen molar-refractivity contribution in [2.24, 2.45) is 0 Å². The minimum atomic E-state index is -4.79. The zero-order valence-corrected chi connectivity index (χ0v) is 16.9. The number of hydrogen-bond acceptors (Lipinski definition) is 3. The van der Waals surface area contributed by atoms with Crippen molar-refractivity contribution in [2.45, 2.75) is 19.0 Å². The first kappa shape index (κ1) is 22.9. The molecule has 2 aromatic rings. The topological polar surface area (TPSA) is 35.5 Å². The summed E-state index contributed by atoms with van der Waals surface area (Å²) in [5.41, 5.74) is -0.0453. The van der Waals surface area contributed by atoms with Gasteiger partial charge in [-0.25, -0.2) is 13.6 Å². The van der Waals surface area contributed by atoms with Crippen LogP contribution in [-0.2, 0) is 4.74 Å². The number of carbonyl (C=O) groups excluding carboxylic acids is 1. The van der Waals surface area contributed by atoms with Gasteiger partial charge in [0.05, 0.1) is 25.2 Å². The third-order valence-corrected chi connectivity index (χ3v) is 4.56. The Bertz CT molecular complexity index is 902. The largest absolute Gasteiger partial charge is 0.491 e. The van der Waals surface area contributed by atoms with Crippen molar-refractivity contribution < 1.29 is 36.2 Å². The zero-order valence-electron chi connectivity index (χ0n) is 15.3. The lowest BCUT2D eigenvalue weighted by atomic mass is 9.96. The molecule has 0 saturated carbocycles. The minimum Gasteiger partial charge on any atom is -0.491 e. The molecule has 2 rings (SSSR count). The molecule has 0 aliphatic carbocycles. The SMILES string of the molecule is CCOC(=O)c1ccc(C=CC(c2cc(F)c(OC)c(F)c2)C(F)(F)F)cc1Br. The molecule has 0 saturated heterocycles. The lowest BCUT2D eigenvalue weighted by Gasteiger charge is -2.18. The number of methoxy groups -OCH3 is 1. The fraction of sp³-hybridized carbons (Fsp3) is 0.250. The molecule has 3 nitrogen and oxygen atoms in total. The number of allylic oxidation sites excluding steroid dienone is 1. The van der Waals surface area contributed by atoms with E-state index < -0.39 is 41.0 Å². The maximum absolute atomic E-state index is 13.9. The molecule has 0 spiro atoms. The van der Waals surface area contributed by atoms with E-state index in [1.165, 1.54) is 18.2 Å². The van der Waals surface area contributed by atoms with Gasteiger partial charge >= 0.3 is 12.1 Å². The van der Waals surface area contributed by atoms with Crippen LogP contribution in [0, 0.1) is 11.6 Å². The predicted octanol–water partition coefficient (Wildman–Crippen LogP) is 6.27. The van der Waals surface area contributed by atoms with Crippen LogP contribution in [0.5, 0.6) is 5.75 Å². The first-order valence-electron chi connectivity index (χ1n) is 8.33. The van der Waals surface area contributed by atoms with E-state index >= 15 is 0 Å². The highest BCUT2D eigenvalue weighted by Gasteiger charge is 2.39. The average Bonchev–Trinajstić information content (AvgIpc) is 2.60. The fourth-order valence-electron chi connectivity index (χ4n) is 2.58. The van der Waals surface area contributed by atoms with Gasteiger partial charge in [-0.05, 0) is 58.2 Å². The number of benzene rings is 2. The van der Waals surface area contributed by atoms with E-state index in [1.807, 2.05) is 0 Å². The first-order valence-corrected chi connectivity index (χ1v) is 9.12. The summed E-state index contributed by atoms with van der Waals surface area (Å²) in [7, 11) is 1.01. The number of rotatable bonds is 6. The molecule has 0 aliphatic rings. The van der Waals surface area contributed by atoms with Gasteiger partial charge in [-0.3, -0.25) is 0 Å². The summed E-state index contributed by atoms with van der Waals surface area (Å²) in [5, 5.41) is 0. The van der Waals surface area contributed by atoms with Crippen LogP contribution in [0.25, 0.3) is 6.08 Å². The summed E-state index contributed by atoms with van der Waals surface area (Å²) >= 11 is 3.17. The van der Waals surface area contributed by atoms with Crippen LogP contribution in [0.2, 0.25) is 0 Å². The van der Waals surface area contributed by atoms with Crippen LogP contribution < -0.4 is 4.74 Å². The molecule has 0 aliphatic heterocycles. The van der Waals surface area contributed by atoms with Crippen molar-refractivity contribution in [3.63, 3.8) is 0 Å². The summed E-state index contributed by atoms with van der Waals surface area (Å²) in [5.74, 6) is -6.04. The quantitative estimate of drug-likeness (QED) is 0.362. The Hall–Kier alpha value is -2.42. The van der Waals surface area contributed by atoms with E-state index in [-0.39, 0.29) is 12.2 Å². The highest BCUT2D eigenvalue weighted by molar-refractivity contribution is 9.10. The number of esters is 1. The summed E-state index contributed by atoms with van der Waals surface area (Å²) < 4.78 is 77.9. The third-order valence-electron chi connectivity index (χ3n) is 3.91. The monoisotopic (exact) mass is 478 g/mol. The maximum atomic E-state index is 13.9. The highest BCUT2D eigenvalue weighted by atomic mass is 79.9. The van der Waals surface area contributed by atoms with Crippen molar-refractivity contribution in [1.29, 1.82) is 0 Å². The fourth-order valence-corrected chi connectivity index (χ4v) is 3.14.